The summed E-state index contributed by atoms with van der Waals surface area (Å²) in [5.41, 5.74) is 6.43. The molecule has 21 heavy (non-hydrogen) atoms. The Morgan fingerprint density at radius 3 is 2.14 bits per heavy atom. The fourth-order valence-electron chi connectivity index (χ4n) is 3.73. The van der Waals surface area contributed by atoms with Gasteiger partial charge in [-0.3, -0.25) is 11.3 Å². The number of benzene rings is 1. The molecule has 3 nitrogen and oxygen atoms in total. The number of ether oxygens (including phenoxy) is 1. The fourth-order valence-corrected chi connectivity index (χ4v) is 3.96. The van der Waals surface area contributed by atoms with E-state index in [1.807, 2.05) is 0 Å². The van der Waals surface area contributed by atoms with E-state index in [1.54, 1.807) is 0 Å². The van der Waals surface area contributed by atoms with Crippen molar-refractivity contribution in [2.45, 2.75) is 65.2 Å². The Kier molecular flexibility index (Phi) is 4.56. The summed E-state index contributed by atoms with van der Waals surface area (Å²) < 4.78 is 7.40. The maximum Gasteiger partial charge on any atom is 0.0681 e. The molecule has 0 radical (unpaired) electrons. The highest BCUT2D eigenvalue weighted by Crippen LogP contribution is 2.47. The van der Waals surface area contributed by atoms with E-state index in [0.717, 1.165) is 6.42 Å². The van der Waals surface area contributed by atoms with Crippen LogP contribution in [-0.4, -0.2) is 11.2 Å². The maximum absolute atomic E-state index is 6.23. The van der Waals surface area contributed by atoms with Crippen LogP contribution >= 0.6 is 15.9 Å². The van der Waals surface area contributed by atoms with Crippen molar-refractivity contribution in [2.24, 2.45) is 11.8 Å². The summed E-state index contributed by atoms with van der Waals surface area (Å²) >= 11 is 3.63. The predicted molar refractivity (Wildman–Crippen MR) is 91.0 cm³/mol. The van der Waals surface area contributed by atoms with Gasteiger partial charge in [-0.15, -0.1) is 0 Å². The molecule has 1 aromatic carbocycles. The fraction of sp³-hybridized carbons (Fsp3) is 0.647. The van der Waals surface area contributed by atoms with Crippen LogP contribution in [0.1, 0.15) is 56.8 Å². The van der Waals surface area contributed by atoms with Crippen molar-refractivity contribution in [1.82, 2.24) is 5.43 Å². The lowest BCUT2D eigenvalue weighted by Crippen LogP contribution is -2.41. The number of nitrogens with one attached hydrogen (secondary N) is 1. The minimum atomic E-state index is -0.199. The topological polar surface area (TPSA) is 47.3 Å². The molecular formula is C17H27BrN2O. The van der Waals surface area contributed by atoms with Crippen LogP contribution in [0.15, 0.2) is 16.6 Å². The lowest BCUT2D eigenvalue weighted by molar-refractivity contribution is -0.0779. The van der Waals surface area contributed by atoms with Crippen LogP contribution in [0.2, 0.25) is 0 Å². The predicted octanol–water partition coefficient (Wildman–Crippen LogP) is 4.16. The number of rotatable bonds is 3. The molecule has 1 aromatic rings. The van der Waals surface area contributed by atoms with Crippen LogP contribution in [0, 0.1) is 19.8 Å². The minimum Gasteiger partial charge on any atom is -0.369 e. The van der Waals surface area contributed by atoms with Gasteiger partial charge >= 0.3 is 0 Å². The van der Waals surface area contributed by atoms with Crippen LogP contribution in [-0.2, 0) is 4.74 Å². The molecule has 4 heteroatoms. The highest BCUT2D eigenvalue weighted by Gasteiger charge is 2.49. The van der Waals surface area contributed by atoms with Gasteiger partial charge in [-0.05, 0) is 64.7 Å². The van der Waals surface area contributed by atoms with Crippen LogP contribution in [0.25, 0.3) is 0 Å². The summed E-state index contributed by atoms with van der Waals surface area (Å²) in [6.45, 7) is 12.9. The van der Waals surface area contributed by atoms with Crippen molar-refractivity contribution < 1.29 is 4.74 Å². The first-order chi connectivity index (χ1) is 9.57. The van der Waals surface area contributed by atoms with Crippen molar-refractivity contribution in [1.29, 1.82) is 0 Å². The second-order valence-corrected chi connectivity index (χ2v) is 8.18. The molecule has 0 amide bonds. The van der Waals surface area contributed by atoms with E-state index >= 15 is 0 Å². The second-order valence-electron chi connectivity index (χ2n) is 7.39. The molecule has 3 N–H and O–H groups in total. The van der Waals surface area contributed by atoms with Gasteiger partial charge in [0.15, 0.2) is 0 Å². The quantitative estimate of drug-likeness (QED) is 0.632. The molecule has 2 rings (SSSR count). The molecule has 0 aromatic heterocycles. The maximum atomic E-state index is 6.23. The van der Waals surface area contributed by atoms with Gasteiger partial charge in [0.2, 0.25) is 0 Å². The van der Waals surface area contributed by atoms with Crippen molar-refractivity contribution in [3.8, 4) is 0 Å². The Morgan fingerprint density at radius 1 is 1.24 bits per heavy atom. The van der Waals surface area contributed by atoms with Gasteiger partial charge in [0, 0.05) is 10.4 Å². The Hall–Kier alpha value is -0.420. The normalized spacial score (nSPS) is 25.0. The van der Waals surface area contributed by atoms with Gasteiger partial charge < -0.3 is 4.74 Å². The third kappa shape index (κ3) is 3.34. The van der Waals surface area contributed by atoms with Crippen LogP contribution in [0.3, 0.4) is 0 Å². The third-order valence-corrected chi connectivity index (χ3v) is 5.79. The van der Waals surface area contributed by atoms with Gasteiger partial charge in [-0.25, -0.2) is 0 Å². The number of hydrogen-bond acceptors (Lipinski definition) is 3. The van der Waals surface area contributed by atoms with Crippen LogP contribution in [0.4, 0.5) is 0 Å². The van der Waals surface area contributed by atoms with E-state index < -0.39 is 0 Å². The van der Waals surface area contributed by atoms with Crippen LogP contribution in [0.5, 0.6) is 0 Å². The Labute approximate surface area is 136 Å². The molecule has 0 aliphatic carbocycles. The first-order valence-electron chi connectivity index (χ1n) is 7.50. The average molecular weight is 355 g/mol. The molecular weight excluding hydrogens is 328 g/mol. The highest BCUT2D eigenvalue weighted by molar-refractivity contribution is 9.10. The second kappa shape index (κ2) is 5.65. The Morgan fingerprint density at radius 2 is 1.76 bits per heavy atom. The van der Waals surface area contributed by atoms with Crippen molar-refractivity contribution >= 4 is 15.9 Å². The summed E-state index contributed by atoms with van der Waals surface area (Å²) in [5.74, 6) is 6.25. The van der Waals surface area contributed by atoms with Gasteiger partial charge in [-0.1, -0.05) is 28.1 Å². The van der Waals surface area contributed by atoms with E-state index in [1.165, 1.54) is 21.2 Å². The number of nitrogens with two attached hydrogens (primary N) is 1. The van der Waals surface area contributed by atoms with E-state index in [-0.39, 0.29) is 17.2 Å². The Balaban J connectivity index is 2.41. The van der Waals surface area contributed by atoms with E-state index in [2.05, 4.69) is 75.0 Å². The largest absolute Gasteiger partial charge is 0.369 e. The van der Waals surface area contributed by atoms with E-state index in [4.69, 9.17) is 10.6 Å². The van der Waals surface area contributed by atoms with E-state index in [9.17, 15) is 0 Å². The smallest absolute Gasteiger partial charge is 0.0681 e. The molecule has 1 fully saturated rings. The molecule has 1 aliphatic rings. The lowest BCUT2D eigenvalue weighted by Gasteiger charge is -2.33. The van der Waals surface area contributed by atoms with Crippen molar-refractivity contribution in [2.75, 3.05) is 0 Å². The summed E-state index contributed by atoms with van der Waals surface area (Å²) in [6, 6.07) is 4.51. The standard InChI is InChI=1S/C17H27BrN2O/c1-10-7-12(8-11(2)14(10)18)15(20-19)13-9-16(3,4)21-17(13,5)6/h7-8,13,15,20H,9,19H2,1-6H3. The molecule has 1 saturated heterocycles. The van der Waals surface area contributed by atoms with Gasteiger partial charge in [0.1, 0.15) is 0 Å². The molecule has 1 heterocycles. The molecule has 2 unspecified atom stereocenters. The SMILES string of the molecule is Cc1cc(C(NN)C2CC(C)(C)OC2(C)C)cc(C)c1Br. The molecule has 0 spiro atoms. The molecule has 0 bridgehead atoms. The molecule has 0 saturated carbocycles. The first-order valence-corrected chi connectivity index (χ1v) is 8.29. The Bertz CT molecular complexity index is 517. The molecule has 118 valence electrons. The zero-order chi connectivity index (χ0) is 16.0. The highest BCUT2D eigenvalue weighted by atomic mass is 79.9. The first kappa shape index (κ1) is 16.9. The number of hydrazine groups is 1. The minimum absolute atomic E-state index is 0.0901. The summed E-state index contributed by atoms with van der Waals surface area (Å²) in [4.78, 5) is 0. The average Bonchev–Trinajstić information content (AvgIpc) is 2.55. The monoisotopic (exact) mass is 354 g/mol. The van der Waals surface area contributed by atoms with Gasteiger partial charge in [0.05, 0.1) is 17.2 Å². The summed E-state index contributed by atoms with van der Waals surface area (Å²) in [5, 5.41) is 0. The number of aryl methyl sites for hydroxylation is 2. The van der Waals surface area contributed by atoms with Gasteiger partial charge in [-0.2, -0.15) is 0 Å². The van der Waals surface area contributed by atoms with E-state index in [0.29, 0.717) is 5.92 Å². The number of halogens is 1. The molecule has 2 atom stereocenters. The molecule has 1 aliphatic heterocycles. The summed E-state index contributed by atoms with van der Waals surface area (Å²) in [7, 11) is 0. The van der Waals surface area contributed by atoms with Crippen molar-refractivity contribution in [3.05, 3.63) is 33.3 Å². The third-order valence-electron chi connectivity index (χ3n) is 4.54. The van der Waals surface area contributed by atoms with Gasteiger partial charge in [0.25, 0.3) is 0 Å². The lowest BCUT2D eigenvalue weighted by atomic mass is 9.78. The summed E-state index contributed by atoms with van der Waals surface area (Å²) in [6.07, 6.45) is 0.989. The van der Waals surface area contributed by atoms with Crippen LogP contribution < -0.4 is 11.3 Å². The zero-order valence-electron chi connectivity index (χ0n) is 13.9. The number of hydrogen-bond donors (Lipinski definition) is 2. The van der Waals surface area contributed by atoms with Crippen molar-refractivity contribution in [3.63, 3.8) is 0 Å². The zero-order valence-corrected chi connectivity index (χ0v) is 15.5.